The summed E-state index contributed by atoms with van der Waals surface area (Å²) >= 11 is 0. The fourth-order valence-corrected chi connectivity index (χ4v) is 1.98. The van der Waals surface area contributed by atoms with Gasteiger partial charge in [0.05, 0.1) is 0 Å². The zero-order chi connectivity index (χ0) is 13.4. The molecule has 0 aliphatic heterocycles. The van der Waals surface area contributed by atoms with Crippen molar-refractivity contribution in [3.63, 3.8) is 0 Å². The van der Waals surface area contributed by atoms with Crippen molar-refractivity contribution in [2.75, 3.05) is 11.4 Å². The Hall–Kier alpha value is -1.12. The molecule has 1 unspecified atom stereocenters. The highest BCUT2D eigenvalue weighted by Crippen LogP contribution is 2.14. The van der Waals surface area contributed by atoms with Crippen LogP contribution in [0, 0.1) is 0 Å². The van der Waals surface area contributed by atoms with Crippen LogP contribution in [0.3, 0.4) is 0 Å². The third kappa shape index (κ3) is 4.28. The summed E-state index contributed by atoms with van der Waals surface area (Å²) in [5, 5.41) is 0. The third-order valence-corrected chi connectivity index (χ3v) is 3.36. The first-order chi connectivity index (χ1) is 8.72. The molecule has 0 aliphatic rings. The summed E-state index contributed by atoms with van der Waals surface area (Å²) in [5.74, 6) is 0.887. The molecule has 0 radical (unpaired) electrons. The van der Waals surface area contributed by atoms with Gasteiger partial charge in [0.1, 0.15) is 0 Å². The van der Waals surface area contributed by atoms with Gasteiger partial charge < -0.3 is 4.90 Å². The highest BCUT2D eigenvalue weighted by molar-refractivity contribution is 5.31. The van der Waals surface area contributed by atoms with Crippen LogP contribution in [0.1, 0.15) is 58.9 Å². The lowest BCUT2D eigenvalue weighted by Crippen LogP contribution is -2.34. The SMILES string of the molecule is CCCCN(c1ncc(CCC)cn1)C(C)CC. The number of unbranched alkanes of at least 4 members (excludes halogenated alkanes) is 1. The highest BCUT2D eigenvalue weighted by Gasteiger charge is 2.14. The lowest BCUT2D eigenvalue weighted by molar-refractivity contribution is 0.582. The summed E-state index contributed by atoms with van der Waals surface area (Å²) in [7, 11) is 0. The van der Waals surface area contributed by atoms with Gasteiger partial charge in [-0.15, -0.1) is 0 Å². The fourth-order valence-electron chi connectivity index (χ4n) is 1.98. The molecule has 18 heavy (non-hydrogen) atoms. The molecule has 0 saturated heterocycles. The monoisotopic (exact) mass is 249 g/mol. The Bertz CT molecular complexity index is 321. The van der Waals surface area contributed by atoms with Gasteiger partial charge in [0, 0.05) is 25.0 Å². The van der Waals surface area contributed by atoms with Crippen LogP contribution in [-0.2, 0) is 6.42 Å². The summed E-state index contributed by atoms with van der Waals surface area (Å²) in [5.41, 5.74) is 1.24. The number of aryl methyl sites for hydroxylation is 1. The standard InChI is InChI=1S/C15H27N3/c1-5-8-10-18(13(4)7-3)15-16-11-14(9-6-2)12-17-15/h11-13H,5-10H2,1-4H3. The smallest absolute Gasteiger partial charge is 0.225 e. The second-order valence-corrected chi connectivity index (χ2v) is 4.95. The normalized spacial score (nSPS) is 12.4. The van der Waals surface area contributed by atoms with Crippen LogP contribution in [0.25, 0.3) is 0 Å². The van der Waals surface area contributed by atoms with Crippen LogP contribution < -0.4 is 4.90 Å². The molecule has 0 fully saturated rings. The Labute approximate surface area is 112 Å². The Morgan fingerprint density at radius 2 is 1.78 bits per heavy atom. The van der Waals surface area contributed by atoms with E-state index in [1.54, 1.807) is 0 Å². The maximum atomic E-state index is 4.53. The van der Waals surface area contributed by atoms with Crippen LogP contribution in [0.5, 0.6) is 0 Å². The van der Waals surface area contributed by atoms with E-state index in [4.69, 9.17) is 0 Å². The second kappa shape index (κ2) is 8.06. The van der Waals surface area contributed by atoms with Gasteiger partial charge >= 0.3 is 0 Å². The third-order valence-electron chi connectivity index (χ3n) is 3.36. The van der Waals surface area contributed by atoms with Crippen LogP contribution in [0.15, 0.2) is 12.4 Å². The van der Waals surface area contributed by atoms with Crippen molar-refractivity contribution < 1.29 is 0 Å². The van der Waals surface area contributed by atoms with Crippen LogP contribution in [0.4, 0.5) is 5.95 Å². The second-order valence-electron chi connectivity index (χ2n) is 4.95. The van der Waals surface area contributed by atoms with E-state index in [9.17, 15) is 0 Å². The molecular formula is C15H27N3. The zero-order valence-corrected chi connectivity index (χ0v) is 12.3. The lowest BCUT2D eigenvalue weighted by Gasteiger charge is -2.28. The predicted octanol–water partition coefficient (Wildman–Crippen LogP) is 3.83. The number of nitrogens with zero attached hydrogens (tertiary/aromatic N) is 3. The molecule has 1 rings (SSSR count). The van der Waals surface area contributed by atoms with Gasteiger partial charge in [-0.1, -0.05) is 33.6 Å². The summed E-state index contributed by atoms with van der Waals surface area (Å²) in [6.45, 7) is 9.92. The molecule has 1 heterocycles. The lowest BCUT2D eigenvalue weighted by atomic mass is 10.2. The van der Waals surface area contributed by atoms with Crippen molar-refractivity contribution in [3.05, 3.63) is 18.0 Å². The van der Waals surface area contributed by atoms with Crippen molar-refractivity contribution in [1.29, 1.82) is 0 Å². The van der Waals surface area contributed by atoms with Crippen LogP contribution >= 0.6 is 0 Å². The Kier molecular flexibility index (Phi) is 6.69. The van der Waals surface area contributed by atoms with Crippen molar-refractivity contribution >= 4 is 5.95 Å². The molecule has 0 spiro atoms. The number of anilines is 1. The average molecular weight is 249 g/mol. The quantitative estimate of drug-likeness (QED) is 0.701. The molecule has 0 aromatic carbocycles. The summed E-state index contributed by atoms with van der Waals surface area (Å²) in [6, 6.07) is 0.508. The maximum absolute atomic E-state index is 4.53. The van der Waals surface area contributed by atoms with Crippen molar-refractivity contribution in [2.24, 2.45) is 0 Å². The molecule has 3 heteroatoms. The van der Waals surface area contributed by atoms with Gasteiger partial charge in [0.2, 0.25) is 5.95 Å². The Morgan fingerprint density at radius 3 is 2.28 bits per heavy atom. The van der Waals surface area contributed by atoms with E-state index in [1.165, 1.54) is 18.4 Å². The molecule has 0 bridgehead atoms. The minimum atomic E-state index is 0.508. The minimum absolute atomic E-state index is 0.508. The highest BCUT2D eigenvalue weighted by atomic mass is 15.3. The van der Waals surface area contributed by atoms with Gasteiger partial charge in [-0.2, -0.15) is 0 Å². The summed E-state index contributed by atoms with van der Waals surface area (Å²) < 4.78 is 0. The van der Waals surface area contributed by atoms with Gasteiger partial charge in [-0.05, 0) is 31.7 Å². The molecular weight excluding hydrogens is 222 g/mol. The first-order valence-corrected chi connectivity index (χ1v) is 7.30. The van der Waals surface area contributed by atoms with E-state index in [0.717, 1.165) is 31.8 Å². The van der Waals surface area contributed by atoms with Crippen LogP contribution in [0.2, 0.25) is 0 Å². The number of aromatic nitrogens is 2. The Balaban J connectivity index is 2.77. The van der Waals surface area contributed by atoms with Crippen LogP contribution in [-0.4, -0.2) is 22.6 Å². The van der Waals surface area contributed by atoms with E-state index in [2.05, 4.69) is 42.6 Å². The largest absolute Gasteiger partial charge is 0.338 e. The van der Waals surface area contributed by atoms with E-state index in [0.29, 0.717) is 6.04 Å². The molecule has 1 aromatic rings. The number of hydrogen-bond acceptors (Lipinski definition) is 3. The molecule has 0 aliphatic carbocycles. The van der Waals surface area contributed by atoms with Gasteiger partial charge in [0.15, 0.2) is 0 Å². The topological polar surface area (TPSA) is 29.0 Å². The van der Waals surface area contributed by atoms with E-state index >= 15 is 0 Å². The van der Waals surface area contributed by atoms with Crippen molar-refractivity contribution in [1.82, 2.24) is 9.97 Å². The van der Waals surface area contributed by atoms with E-state index < -0.39 is 0 Å². The molecule has 102 valence electrons. The molecule has 1 atom stereocenters. The van der Waals surface area contributed by atoms with Gasteiger partial charge in [-0.25, -0.2) is 9.97 Å². The molecule has 0 N–H and O–H groups in total. The first kappa shape index (κ1) is 14.9. The fraction of sp³-hybridized carbons (Fsp3) is 0.733. The average Bonchev–Trinajstić information content (AvgIpc) is 2.41. The first-order valence-electron chi connectivity index (χ1n) is 7.30. The van der Waals surface area contributed by atoms with Crippen molar-refractivity contribution in [3.8, 4) is 0 Å². The minimum Gasteiger partial charge on any atom is -0.338 e. The predicted molar refractivity (Wildman–Crippen MR) is 78.0 cm³/mol. The summed E-state index contributed by atoms with van der Waals surface area (Å²) in [4.78, 5) is 11.4. The number of hydrogen-bond donors (Lipinski definition) is 0. The molecule has 0 saturated carbocycles. The maximum Gasteiger partial charge on any atom is 0.225 e. The zero-order valence-electron chi connectivity index (χ0n) is 12.3. The Morgan fingerprint density at radius 1 is 1.11 bits per heavy atom. The van der Waals surface area contributed by atoms with E-state index in [1.807, 2.05) is 12.4 Å². The molecule has 0 amide bonds. The molecule has 1 aromatic heterocycles. The van der Waals surface area contributed by atoms with E-state index in [-0.39, 0.29) is 0 Å². The van der Waals surface area contributed by atoms with Gasteiger partial charge in [-0.3, -0.25) is 0 Å². The summed E-state index contributed by atoms with van der Waals surface area (Å²) in [6.07, 6.45) is 9.71. The van der Waals surface area contributed by atoms with Crippen molar-refractivity contribution in [2.45, 2.75) is 65.8 Å². The number of rotatable bonds is 8. The van der Waals surface area contributed by atoms with Gasteiger partial charge in [0.25, 0.3) is 0 Å². The molecule has 3 nitrogen and oxygen atoms in total.